The third kappa shape index (κ3) is 12.6. The van der Waals surface area contributed by atoms with E-state index in [4.69, 9.17) is 0 Å². The molecule has 0 amide bonds. The minimum atomic E-state index is -0.263. The first kappa shape index (κ1) is 65.6. The van der Waals surface area contributed by atoms with Gasteiger partial charge in [-0.15, -0.1) is 0 Å². The van der Waals surface area contributed by atoms with Crippen molar-refractivity contribution in [3.8, 4) is 33.4 Å². The average molecular weight is 1120 g/mol. The van der Waals surface area contributed by atoms with Gasteiger partial charge in [0.05, 0.1) is 10.8 Å². The molecular weight excluding hydrogens is 1020 g/mol. The second-order valence-corrected chi connectivity index (χ2v) is 23.8. The third-order valence-corrected chi connectivity index (χ3v) is 17.0. The van der Waals surface area contributed by atoms with Gasteiger partial charge in [0.2, 0.25) is 0 Å². The van der Waals surface area contributed by atoms with E-state index in [1.807, 2.05) is 0 Å². The lowest BCUT2D eigenvalue weighted by atomic mass is 9.67. The van der Waals surface area contributed by atoms with E-state index >= 15 is 0 Å². The molecule has 3 aliphatic carbocycles. The van der Waals surface area contributed by atoms with E-state index in [-0.39, 0.29) is 46.0 Å². The second-order valence-electron chi connectivity index (χ2n) is 23.8. The van der Waals surface area contributed by atoms with E-state index in [9.17, 15) is 0 Å². The van der Waals surface area contributed by atoms with E-state index in [0.717, 1.165) is 0 Å². The van der Waals surface area contributed by atoms with Gasteiger partial charge in [0.15, 0.2) is 0 Å². The largest absolute Gasteiger partial charge is 0.0776 e. The van der Waals surface area contributed by atoms with Crippen LogP contribution >= 0.6 is 0 Å². The predicted molar refractivity (Wildman–Crippen MR) is 374 cm³/mol. The van der Waals surface area contributed by atoms with Crippen LogP contribution in [0.3, 0.4) is 0 Å². The number of hydrogen-bond acceptors (Lipinski definition) is 0. The van der Waals surface area contributed by atoms with Crippen molar-refractivity contribution >= 4 is 0 Å². The molecule has 0 fully saturated rings. The average Bonchev–Trinajstić information content (AvgIpc) is 1.55. The van der Waals surface area contributed by atoms with Crippen LogP contribution in [0.4, 0.5) is 0 Å². The Bertz CT molecular complexity index is 3730. The summed E-state index contributed by atoms with van der Waals surface area (Å²) in [5.74, 6) is 0. The molecule has 0 N–H and O–H groups in total. The fraction of sp³-hybridized carbons (Fsp3) is 0.224. The molecule has 14 rings (SSSR count). The molecular formula is C85H94. The van der Waals surface area contributed by atoms with E-state index in [1.165, 1.54) is 134 Å². The van der Waals surface area contributed by atoms with E-state index in [2.05, 4.69) is 338 Å². The first-order chi connectivity index (χ1) is 39.0. The Hall–Kier alpha value is -8.58. The molecule has 0 aromatic heterocycles. The first-order valence-electron chi connectivity index (χ1n) is 28.9. The van der Waals surface area contributed by atoms with Gasteiger partial charge in [-0.05, 0) is 168 Å². The highest BCUT2D eigenvalue weighted by molar-refractivity contribution is 5.95. The third-order valence-electron chi connectivity index (χ3n) is 17.0. The predicted octanol–water partition coefficient (Wildman–Crippen LogP) is 23.8. The lowest BCUT2D eigenvalue weighted by molar-refractivity contribution is 0.590. The Labute approximate surface area is 514 Å². The van der Waals surface area contributed by atoms with Crippen LogP contribution in [0.2, 0.25) is 0 Å². The Kier molecular flexibility index (Phi) is 21.2. The van der Waals surface area contributed by atoms with Crippen LogP contribution in [0.5, 0.6) is 0 Å². The van der Waals surface area contributed by atoms with Gasteiger partial charge < -0.3 is 0 Å². The van der Waals surface area contributed by atoms with Crippen molar-refractivity contribution in [2.45, 2.75) is 129 Å². The topological polar surface area (TPSA) is 0 Å². The van der Waals surface area contributed by atoms with Crippen molar-refractivity contribution in [3.05, 3.63) is 355 Å². The zero-order valence-electron chi connectivity index (χ0n) is 49.7. The first-order valence-corrected chi connectivity index (χ1v) is 28.9. The van der Waals surface area contributed by atoms with Crippen LogP contribution in [-0.4, -0.2) is 0 Å². The van der Waals surface area contributed by atoms with Crippen LogP contribution in [0.15, 0.2) is 255 Å². The fourth-order valence-electron chi connectivity index (χ4n) is 12.7. The maximum absolute atomic E-state index is 2.40. The smallest absolute Gasteiger partial charge is 0.0725 e. The standard InChI is InChI=1S/C26H18.C26H20.C11H16.C10H14.C8H10.4CH4/c1-17-14-15-21-20-10-4-7-13-24(20)26(25(21)16-17)22-11-5-2-8-18(22)19-9-3-6-12-23(19)26;1-19-16-17-23-22-14-8-9-15-24(22)26(25(23)18-19,20-10-4-2-5-11-20)21-12-6-3-7-13-21;1-9-5-7-10(8-6-9)11(2,3)4;1-7-5-8(2)10(4)9(3)6-7;1-7-3-5-8(2)6-4-7;;;;/h2-16H,1H3;2-18H,1H3;5-8H,1-4H3;5-6H,1-4H3;3-6H,1-2H3;4*1H4. The fourth-order valence-corrected chi connectivity index (χ4v) is 12.7. The Morgan fingerprint density at radius 3 is 0.847 bits per heavy atom. The van der Waals surface area contributed by atoms with Gasteiger partial charge in [0.1, 0.15) is 0 Å². The van der Waals surface area contributed by atoms with Crippen LogP contribution in [0, 0.1) is 62.3 Å². The van der Waals surface area contributed by atoms with Gasteiger partial charge in [0, 0.05) is 0 Å². The molecule has 0 bridgehead atoms. The zero-order valence-corrected chi connectivity index (χ0v) is 49.7. The highest BCUT2D eigenvalue weighted by Gasteiger charge is 2.51. The minimum Gasteiger partial charge on any atom is -0.0776 e. The Balaban J connectivity index is 0.000000183. The molecule has 0 heteroatoms. The van der Waals surface area contributed by atoms with Gasteiger partial charge in [-0.3, -0.25) is 0 Å². The van der Waals surface area contributed by atoms with E-state index < -0.39 is 0 Å². The number of hydrogen-bond donors (Lipinski definition) is 0. The molecule has 0 aliphatic heterocycles. The number of aryl methyl sites for hydroxylation is 8. The Morgan fingerprint density at radius 1 is 0.235 bits per heavy atom. The van der Waals surface area contributed by atoms with Crippen LogP contribution in [0.25, 0.3) is 33.4 Å². The normalized spacial score (nSPS) is 12.3. The molecule has 0 radical (unpaired) electrons. The zero-order chi connectivity index (χ0) is 57.1. The summed E-state index contributed by atoms with van der Waals surface area (Å²) in [4.78, 5) is 0. The van der Waals surface area contributed by atoms with Gasteiger partial charge in [-0.1, -0.05) is 339 Å². The minimum absolute atomic E-state index is 0. The van der Waals surface area contributed by atoms with E-state index in [0.29, 0.717) is 0 Å². The van der Waals surface area contributed by atoms with Crippen molar-refractivity contribution in [2.75, 3.05) is 0 Å². The molecule has 434 valence electrons. The Morgan fingerprint density at radius 2 is 0.506 bits per heavy atom. The summed E-state index contributed by atoms with van der Waals surface area (Å²) in [5, 5.41) is 0. The molecule has 0 saturated carbocycles. The molecule has 0 atom stereocenters. The van der Waals surface area contributed by atoms with Crippen molar-refractivity contribution in [3.63, 3.8) is 0 Å². The van der Waals surface area contributed by atoms with Crippen LogP contribution in [0.1, 0.15) is 151 Å². The van der Waals surface area contributed by atoms with Gasteiger partial charge in [-0.25, -0.2) is 0 Å². The molecule has 11 aromatic rings. The second kappa shape index (κ2) is 27.4. The maximum atomic E-state index is 2.40. The lowest BCUT2D eigenvalue weighted by Gasteiger charge is -2.34. The summed E-state index contributed by atoms with van der Waals surface area (Å²) in [6.45, 7) is 26.0. The SMILES string of the molecule is C.C.C.C.Cc1cc(C)c(C)c(C)c1.Cc1ccc(C(C)(C)C)cc1.Cc1ccc(C)cc1.Cc1ccc2c(c1)C(c1ccccc1)(c1ccccc1)c1ccccc1-2.Cc1ccc2c(c1)C1(c3ccccc3-c3ccccc31)c1ccccc1-2. The molecule has 11 aromatic carbocycles. The van der Waals surface area contributed by atoms with Gasteiger partial charge in [0.25, 0.3) is 0 Å². The molecule has 85 heavy (non-hydrogen) atoms. The summed E-state index contributed by atoms with van der Waals surface area (Å²) in [6, 6.07) is 93.1. The summed E-state index contributed by atoms with van der Waals surface area (Å²) >= 11 is 0. The van der Waals surface area contributed by atoms with E-state index in [1.54, 1.807) is 0 Å². The van der Waals surface area contributed by atoms with Gasteiger partial charge in [-0.2, -0.15) is 0 Å². The quantitative estimate of drug-likeness (QED) is 0.162. The monoisotopic (exact) mass is 1110 g/mol. The van der Waals surface area contributed by atoms with Crippen molar-refractivity contribution in [1.82, 2.24) is 0 Å². The van der Waals surface area contributed by atoms with Crippen LogP contribution < -0.4 is 0 Å². The van der Waals surface area contributed by atoms with Crippen LogP contribution in [-0.2, 0) is 16.2 Å². The molecule has 0 nitrogen and oxygen atoms in total. The highest BCUT2D eigenvalue weighted by Crippen LogP contribution is 2.63. The summed E-state index contributed by atoms with van der Waals surface area (Å²) in [5.41, 5.74) is 32.7. The molecule has 0 saturated heterocycles. The lowest BCUT2D eigenvalue weighted by Crippen LogP contribution is -2.28. The summed E-state index contributed by atoms with van der Waals surface area (Å²) < 4.78 is 0. The summed E-state index contributed by atoms with van der Waals surface area (Å²) in [7, 11) is 0. The van der Waals surface area contributed by atoms with Crippen molar-refractivity contribution in [1.29, 1.82) is 0 Å². The highest BCUT2D eigenvalue weighted by atomic mass is 14.5. The van der Waals surface area contributed by atoms with Gasteiger partial charge >= 0.3 is 0 Å². The number of rotatable bonds is 2. The maximum Gasteiger partial charge on any atom is 0.0725 e. The number of benzene rings is 11. The van der Waals surface area contributed by atoms with Crippen molar-refractivity contribution in [2.24, 2.45) is 0 Å². The summed E-state index contributed by atoms with van der Waals surface area (Å²) in [6.07, 6.45) is 0. The molecule has 3 aliphatic rings. The number of fused-ring (bicyclic) bond motifs is 13. The molecule has 0 unspecified atom stereocenters. The molecule has 0 heterocycles. The molecule has 1 spiro atoms. The van der Waals surface area contributed by atoms with Crippen molar-refractivity contribution < 1.29 is 0 Å².